The van der Waals surface area contributed by atoms with Crippen LogP contribution in [0.2, 0.25) is 0 Å². The minimum Gasteiger partial charge on any atom is -0.508 e. The van der Waals surface area contributed by atoms with E-state index in [1.54, 1.807) is 54.7 Å². The molecular formula is C21H21N3O3. The number of hydrogen-bond acceptors (Lipinski definition) is 5. The number of amides is 1. The lowest BCUT2D eigenvalue weighted by Crippen LogP contribution is -2.21. The van der Waals surface area contributed by atoms with Crippen LogP contribution in [0.5, 0.6) is 11.5 Å². The Bertz CT molecular complexity index is 938. The summed E-state index contributed by atoms with van der Waals surface area (Å²) < 4.78 is 0. The van der Waals surface area contributed by atoms with Crippen LogP contribution in [-0.2, 0) is 4.79 Å². The van der Waals surface area contributed by atoms with Crippen LogP contribution in [0.3, 0.4) is 0 Å². The Kier molecular flexibility index (Phi) is 5.35. The molecule has 6 heteroatoms. The van der Waals surface area contributed by atoms with Crippen molar-refractivity contribution in [3.8, 4) is 34.0 Å². The van der Waals surface area contributed by atoms with Crippen molar-refractivity contribution in [1.29, 1.82) is 0 Å². The molecule has 0 fully saturated rings. The number of nitrogens with zero attached hydrogens (tertiary/aromatic N) is 2. The molecule has 3 aromatic rings. The van der Waals surface area contributed by atoms with Crippen LogP contribution in [0.15, 0.2) is 54.7 Å². The first-order valence-electron chi connectivity index (χ1n) is 8.74. The number of aromatic hydroxyl groups is 2. The highest BCUT2D eigenvalue weighted by molar-refractivity contribution is 5.94. The molecule has 0 aliphatic rings. The highest BCUT2D eigenvalue weighted by atomic mass is 16.3. The molecule has 1 unspecified atom stereocenters. The molecule has 0 radical (unpaired) electrons. The van der Waals surface area contributed by atoms with Crippen LogP contribution < -0.4 is 5.32 Å². The van der Waals surface area contributed by atoms with Crippen molar-refractivity contribution in [2.24, 2.45) is 5.92 Å². The monoisotopic (exact) mass is 363 g/mol. The number of anilines is 1. The lowest BCUT2D eigenvalue weighted by molar-refractivity contribution is -0.119. The molecule has 0 aliphatic heterocycles. The summed E-state index contributed by atoms with van der Waals surface area (Å²) >= 11 is 0. The third kappa shape index (κ3) is 4.23. The Balaban J connectivity index is 2.06. The summed E-state index contributed by atoms with van der Waals surface area (Å²) in [6.07, 6.45) is 2.31. The van der Waals surface area contributed by atoms with E-state index in [4.69, 9.17) is 0 Å². The van der Waals surface area contributed by atoms with Gasteiger partial charge in [-0.25, -0.2) is 9.97 Å². The van der Waals surface area contributed by atoms with Gasteiger partial charge in [-0.3, -0.25) is 4.79 Å². The minimum atomic E-state index is -0.142. The molecule has 138 valence electrons. The van der Waals surface area contributed by atoms with E-state index in [2.05, 4.69) is 15.3 Å². The molecule has 0 bridgehead atoms. The van der Waals surface area contributed by atoms with Crippen molar-refractivity contribution in [3.05, 3.63) is 54.7 Å². The van der Waals surface area contributed by atoms with Crippen molar-refractivity contribution >= 4 is 11.7 Å². The van der Waals surface area contributed by atoms with E-state index in [-0.39, 0.29) is 23.3 Å². The van der Waals surface area contributed by atoms with Gasteiger partial charge in [-0.1, -0.05) is 13.8 Å². The van der Waals surface area contributed by atoms with Gasteiger partial charge in [0.25, 0.3) is 0 Å². The summed E-state index contributed by atoms with van der Waals surface area (Å²) in [5.41, 5.74) is 2.64. The van der Waals surface area contributed by atoms with Gasteiger partial charge in [-0.2, -0.15) is 0 Å². The summed E-state index contributed by atoms with van der Waals surface area (Å²) in [4.78, 5) is 21.4. The largest absolute Gasteiger partial charge is 0.508 e. The van der Waals surface area contributed by atoms with E-state index >= 15 is 0 Å². The van der Waals surface area contributed by atoms with Gasteiger partial charge < -0.3 is 15.5 Å². The molecule has 27 heavy (non-hydrogen) atoms. The van der Waals surface area contributed by atoms with E-state index in [1.807, 2.05) is 13.8 Å². The third-order valence-electron chi connectivity index (χ3n) is 4.38. The fraction of sp³-hybridized carbons (Fsp3) is 0.190. The van der Waals surface area contributed by atoms with Gasteiger partial charge in [0, 0.05) is 17.0 Å². The van der Waals surface area contributed by atoms with Crippen LogP contribution in [0.1, 0.15) is 20.3 Å². The van der Waals surface area contributed by atoms with Crippen molar-refractivity contribution in [1.82, 2.24) is 9.97 Å². The SMILES string of the molecule is CCC(C)C(=O)Nc1ncc(-c2ccc(O)cc2)nc1-c1ccc(O)cc1. The highest BCUT2D eigenvalue weighted by Crippen LogP contribution is 2.29. The molecule has 0 saturated carbocycles. The fourth-order valence-corrected chi connectivity index (χ4v) is 2.50. The number of hydrogen-bond donors (Lipinski definition) is 3. The molecule has 1 aromatic heterocycles. The van der Waals surface area contributed by atoms with E-state index < -0.39 is 0 Å². The smallest absolute Gasteiger partial charge is 0.228 e. The second kappa shape index (κ2) is 7.86. The molecule has 3 rings (SSSR count). The fourth-order valence-electron chi connectivity index (χ4n) is 2.50. The van der Waals surface area contributed by atoms with Crippen LogP contribution >= 0.6 is 0 Å². The van der Waals surface area contributed by atoms with Crippen molar-refractivity contribution in [2.75, 3.05) is 5.32 Å². The van der Waals surface area contributed by atoms with Gasteiger partial charge in [0.05, 0.1) is 11.9 Å². The van der Waals surface area contributed by atoms with Gasteiger partial charge in [-0.15, -0.1) is 0 Å². The number of carbonyl (C=O) groups excluding carboxylic acids is 1. The van der Waals surface area contributed by atoms with E-state index in [0.717, 1.165) is 17.5 Å². The third-order valence-corrected chi connectivity index (χ3v) is 4.38. The van der Waals surface area contributed by atoms with E-state index in [0.29, 0.717) is 17.2 Å². The zero-order valence-electron chi connectivity index (χ0n) is 15.2. The molecule has 1 atom stereocenters. The first kappa shape index (κ1) is 18.4. The topological polar surface area (TPSA) is 95.3 Å². The molecule has 2 aromatic carbocycles. The molecule has 6 nitrogen and oxygen atoms in total. The molecule has 3 N–H and O–H groups in total. The normalized spacial score (nSPS) is 11.8. The van der Waals surface area contributed by atoms with Crippen molar-refractivity contribution in [3.63, 3.8) is 0 Å². The van der Waals surface area contributed by atoms with Crippen LogP contribution in [0.25, 0.3) is 22.5 Å². The number of nitrogens with one attached hydrogen (secondary N) is 1. The number of aromatic nitrogens is 2. The second-order valence-corrected chi connectivity index (χ2v) is 6.34. The number of phenols is 2. The minimum absolute atomic E-state index is 0.121. The standard InChI is InChI=1S/C21H21N3O3/c1-3-13(2)21(27)24-20-19(15-6-10-17(26)11-7-15)23-18(12-22-20)14-4-8-16(25)9-5-14/h4-13,25-26H,3H2,1-2H3,(H,22,24,27). The molecule has 0 spiro atoms. The average molecular weight is 363 g/mol. The lowest BCUT2D eigenvalue weighted by Gasteiger charge is -2.14. The Morgan fingerprint density at radius 2 is 1.56 bits per heavy atom. The lowest BCUT2D eigenvalue weighted by atomic mass is 10.1. The highest BCUT2D eigenvalue weighted by Gasteiger charge is 2.17. The Hall–Kier alpha value is -3.41. The average Bonchev–Trinajstić information content (AvgIpc) is 2.69. The zero-order chi connectivity index (χ0) is 19.4. The number of benzene rings is 2. The maximum Gasteiger partial charge on any atom is 0.228 e. The summed E-state index contributed by atoms with van der Waals surface area (Å²) in [5.74, 6) is 0.420. The van der Waals surface area contributed by atoms with Crippen molar-refractivity contribution in [2.45, 2.75) is 20.3 Å². The summed E-state index contributed by atoms with van der Waals surface area (Å²) in [6.45, 7) is 3.80. The maximum absolute atomic E-state index is 12.3. The van der Waals surface area contributed by atoms with Crippen molar-refractivity contribution < 1.29 is 15.0 Å². The number of rotatable bonds is 5. The Labute approximate surface area is 157 Å². The van der Waals surface area contributed by atoms with Gasteiger partial charge in [-0.05, 0) is 55.0 Å². The van der Waals surface area contributed by atoms with Crippen LogP contribution in [-0.4, -0.2) is 26.1 Å². The van der Waals surface area contributed by atoms with Gasteiger partial charge >= 0.3 is 0 Å². The van der Waals surface area contributed by atoms with E-state index in [1.165, 1.54) is 0 Å². The van der Waals surface area contributed by atoms with E-state index in [9.17, 15) is 15.0 Å². The van der Waals surface area contributed by atoms with Gasteiger partial charge in [0.15, 0.2) is 5.82 Å². The predicted octanol–water partition coefficient (Wildman–Crippen LogP) is 4.21. The summed E-state index contributed by atoms with van der Waals surface area (Å²) in [5, 5.41) is 21.9. The van der Waals surface area contributed by atoms with Gasteiger partial charge in [0.2, 0.25) is 5.91 Å². The quantitative estimate of drug-likeness (QED) is 0.631. The first-order chi connectivity index (χ1) is 13.0. The number of carbonyl (C=O) groups is 1. The maximum atomic E-state index is 12.3. The summed E-state index contributed by atoms with van der Waals surface area (Å²) in [6, 6.07) is 13.2. The molecule has 0 saturated heterocycles. The first-order valence-corrected chi connectivity index (χ1v) is 8.74. The molecule has 0 aliphatic carbocycles. The predicted molar refractivity (Wildman–Crippen MR) is 104 cm³/mol. The molecular weight excluding hydrogens is 342 g/mol. The van der Waals surface area contributed by atoms with Crippen LogP contribution in [0.4, 0.5) is 5.82 Å². The Morgan fingerprint density at radius 3 is 2.11 bits per heavy atom. The van der Waals surface area contributed by atoms with Crippen LogP contribution in [0, 0.1) is 5.92 Å². The molecule has 1 heterocycles. The molecule has 1 amide bonds. The second-order valence-electron chi connectivity index (χ2n) is 6.34. The summed E-state index contributed by atoms with van der Waals surface area (Å²) in [7, 11) is 0. The Morgan fingerprint density at radius 1 is 1.00 bits per heavy atom. The van der Waals surface area contributed by atoms with Gasteiger partial charge in [0.1, 0.15) is 17.2 Å². The zero-order valence-corrected chi connectivity index (χ0v) is 15.2. The number of phenolic OH excluding ortho intramolecular Hbond substituents is 2.